The van der Waals surface area contributed by atoms with Crippen LogP contribution in [0.3, 0.4) is 0 Å². The minimum atomic E-state index is 0.662. The Morgan fingerprint density at radius 3 is 2.71 bits per heavy atom. The Hall–Kier alpha value is -1.22. The topological polar surface area (TPSA) is 24.5 Å². The molecule has 1 aromatic rings. The van der Waals surface area contributed by atoms with Crippen molar-refractivity contribution in [1.29, 1.82) is 0 Å². The van der Waals surface area contributed by atoms with Crippen LogP contribution in [0, 0.1) is 5.92 Å². The Morgan fingerprint density at radius 2 is 1.95 bits per heavy atom. The number of nitrogens with zero attached hydrogens (tertiary/aromatic N) is 1. The molecule has 0 aliphatic heterocycles. The second-order valence-electron chi connectivity index (χ2n) is 6.11. The largest absolute Gasteiger partial charge is 0.495 e. The molecule has 0 bridgehead atoms. The summed E-state index contributed by atoms with van der Waals surface area (Å²) in [6.07, 6.45) is 6.77. The van der Waals surface area contributed by atoms with Gasteiger partial charge in [-0.3, -0.25) is 0 Å². The van der Waals surface area contributed by atoms with Gasteiger partial charge in [0.2, 0.25) is 0 Å². The fourth-order valence-electron chi connectivity index (χ4n) is 3.53. The number of hydrogen-bond donors (Lipinski definition) is 1. The Morgan fingerprint density at radius 1 is 1.19 bits per heavy atom. The van der Waals surface area contributed by atoms with E-state index in [2.05, 4.69) is 36.3 Å². The van der Waals surface area contributed by atoms with Gasteiger partial charge in [0.25, 0.3) is 0 Å². The van der Waals surface area contributed by atoms with E-state index in [1.165, 1.54) is 37.8 Å². The van der Waals surface area contributed by atoms with Crippen LogP contribution in [0.2, 0.25) is 0 Å². The van der Waals surface area contributed by atoms with Crippen molar-refractivity contribution in [2.24, 2.45) is 5.92 Å². The van der Waals surface area contributed by atoms with E-state index in [1.807, 2.05) is 12.1 Å². The highest BCUT2D eigenvalue weighted by atomic mass is 16.5. The average molecular weight is 290 g/mol. The molecule has 0 heterocycles. The molecular weight excluding hydrogens is 260 g/mol. The van der Waals surface area contributed by atoms with E-state index in [4.69, 9.17) is 4.74 Å². The standard InChI is InChI=1S/C18H30N2O/c1-4-19-16-11-7-5-6-10-15(16)14-20(2)17-12-8-9-13-18(17)21-3/h8-9,12-13,15-16,19H,4-7,10-11,14H2,1-3H3. The number of rotatable bonds is 6. The van der Waals surface area contributed by atoms with Crippen LogP contribution in [0.25, 0.3) is 0 Å². The summed E-state index contributed by atoms with van der Waals surface area (Å²) in [5.74, 6) is 1.69. The van der Waals surface area contributed by atoms with Crippen molar-refractivity contribution < 1.29 is 4.74 Å². The number of anilines is 1. The molecule has 1 fully saturated rings. The molecule has 1 aromatic carbocycles. The summed E-state index contributed by atoms with van der Waals surface area (Å²) in [5, 5.41) is 3.70. The van der Waals surface area contributed by atoms with Gasteiger partial charge in [0.1, 0.15) is 5.75 Å². The second-order valence-corrected chi connectivity index (χ2v) is 6.11. The van der Waals surface area contributed by atoms with E-state index in [-0.39, 0.29) is 0 Å². The fourth-order valence-corrected chi connectivity index (χ4v) is 3.53. The highest BCUT2D eigenvalue weighted by Crippen LogP contribution is 2.30. The SMILES string of the molecule is CCNC1CCCCCC1CN(C)c1ccccc1OC. The van der Waals surface area contributed by atoms with Crippen LogP contribution in [-0.4, -0.2) is 33.3 Å². The third kappa shape index (κ3) is 4.37. The molecule has 3 nitrogen and oxygen atoms in total. The quantitative estimate of drug-likeness (QED) is 0.809. The van der Waals surface area contributed by atoms with Crippen LogP contribution < -0.4 is 15.0 Å². The monoisotopic (exact) mass is 290 g/mol. The van der Waals surface area contributed by atoms with Gasteiger partial charge in [-0.25, -0.2) is 0 Å². The zero-order valence-corrected chi connectivity index (χ0v) is 13.8. The first-order chi connectivity index (χ1) is 10.3. The van der Waals surface area contributed by atoms with Gasteiger partial charge in [0, 0.05) is 19.6 Å². The second kappa shape index (κ2) is 8.28. The lowest BCUT2D eigenvalue weighted by molar-refractivity contribution is 0.341. The molecule has 0 saturated heterocycles. The molecule has 2 unspecified atom stereocenters. The van der Waals surface area contributed by atoms with Crippen LogP contribution in [0.1, 0.15) is 39.0 Å². The predicted molar refractivity (Wildman–Crippen MR) is 90.3 cm³/mol. The summed E-state index contributed by atoms with van der Waals surface area (Å²) in [4.78, 5) is 2.36. The lowest BCUT2D eigenvalue weighted by atomic mass is 9.94. The highest BCUT2D eigenvalue weighted by Gasteiger charge is 2.24. The Kier molecular flexibility index (Phi) is 6.37. The number of hydrogen-bond acceptors (Lipinski definition) is 3. The maximum atomic E-state index is 5.50. The van der Waals surface area contributed by atoms with E-state index in [1.54, 1.807) is 7.11 Å². The molecule has 0 radical (unpaired) electrons. The molecule has 21 heavy (non-hydrogen) atoms. The predicted octanol–water partition coefficient (Wildman–Crippen LogP) is 3.69. The summed E-state index contributed by atoms with van der Waals surface area (Å²) < 4.78 is 5.50. The van der Waals surface area contributed by atoms with Gasteiger partial charge in [-0.1, -0.05) is 38.3 Å². The van der Waals surface area contributed by atoms with Crippen molar-refractivity contribution in [3.05, 3.63) is 24.3 Å². The van der Waals surface area contributed by atoms with Crippen LogP contribution >= 0.6 is 0 Å². The molecule has 1 saturated carbocycles. The minimum Gasteiger partial charge on any atom is -0.495 e. The van der Waals surface area contributed by atoms with Gasteiger partial charge in [0.15, 0.2) is 0 Å². The molecule has 0 amide bonds. The van der Waals surface area contributed by atoms with Gasteiger partial charge < -0.3 is 15.0 Å². The van der Waals surface area contributed by atoms with Crippen LogP contribution in [0.15, 0.2) is 24.3 Å². The average Bonchev–Trinajstić information content (AvgIpc) is 2.73. The number of ether oxygens (including phenoxy) is 1. The first-order valence-corrected chi connectivity index (χ1v) is 8.33. The minimum absolute atomic E-state index is 0.662. The first-order valence-electron chi connectivity index (χ1n) is 8.33. The zero-order valence-electron chi connectivity index (χ0n) is 13.8. The van der Waals surface area contributed by atoms with Gasteiger partial charge in [-0.2, -0.15) is 0 Å². The van der Waals surface area contributed by atoms with Crippen LogP contribution in [-0.2, 0) is 0 Å². The normalized spacial score (nSPS) is 22.6. The lowest BCUT2D eigenvalue weighted by Crippen LogP contribution is -2.41. The van der Waals surface area contributed by atoms with Crippen LogP contribution in [0.4, 0.5) is 5.69 Å². The fraction of sp³-hybridized carbons (Fsp3) is 0.667. The Labute approximate surface area is 129 Å². The van der Waals surface area contributed by atoms with Gasteiger partial charge in [0.05, 0.1) is 12.8 Å². The van der Waals surface area contributed by atoms with Gasteiger partial charge in [-0.15, -0.1) is 0 Å². The van der Waals surface area contributed by atoms with Gasteiger partial charge >= 0.3 is 0 Å². The van der Waals surface area contributed by atoms with Gasteiger partial charge in [-0.05, 0) is 37.4 Å². The third-order valence-corrected chi connectivity index (χ3v) is 4.63. The molecule has 1 aliphatic rings. The summed E-state index contributed by atoms with van der Waals surface area (Å²) in [7, 11) is 3.94. The Balaban J connectivity index is 2.06. The molecule has 2 atom stereocenters. The van der Waals surface area contributed by atoms with Crippen molar-refractivity contribution in [1.82, 2.24) is 5.32 Å². The van der Waals surface area contributed by atoms with E-state index < -0.39 is 0 Å². The zero-order chi connectivity index (χ0) is 15.1. The number of benzene rings is 1. The summed E-state index contributed by atoms with van der Waals surface area (Å²) >= 11 is 0. The molecule has 2 rings (SSSR count). The molecule has 0 spiro atoms. The Bertz CT molecular complexity index is 421. The molecule has 0 aromatic heterocycles. The molecule has 118 valence electrons. The van der Waals surface area contributed by atoms with E-state index >= 15 is 0 Å². The maximum Gasteiger partial charge on any atom is 0.142 e. The first kappa shape index (κ1) is 16.2. The molecule has 1 aliphatic carbocycles. The smallest absolute Gasteiger partial charge is 0.142 e. The maximum absolute atomic E-state index is 5.50. The molecule has 1 N–H and O–H groups in total. The highest BCUT2D eigenvalue weighted by molar-refractivity contribution is 5.57. The summed E-state index contributed by atoms with van der Waals surface area (Å²) in [5.41, 5.74) is 1.19. The number of nitrogens with one attached hydrogen (secondary N) is 1. The van der Waals surface area contributed by atoms with Crippen molar-refractivity contribution in [2.45, 2.75) is 45.1 Å². The third-order valence-electron chi connectivity index (χ3n) is 4.63. The molecule has 3 heteroatoms. The lowest BCUT2D eigenvalue weighted by Gasteiger charge is -2.31. The van der Waals surface area contributed by atoms with E-state index in [9.17, 15) is 0 Å². The summed E-state index contributed by atoms with van der Waals surface area (Å²) in [6, 6.07) is 8.97. The molecular formula is C18H30N2O. The summed E-state index contributed by atoms with van der Waals surface area (Å²) in [6.45, 7) is 4.38. The van der Waals surface area contributed by atoms with Crippen molar-refractivity contribution >= 4 is 5.69 Å². The van der Waals surface area contributed by atoms with Crippen molar-refractivity contribution in [3.63, 3.8) is 0 Å². The van der Waals surface area contributed by atoms with Crippen molar-refractivity contribution in [2.75, 3.05) is 32.1 Å². The number of methoxy groups -OCH3 is 1. The van der Waals surface area contributed by atoms with Crippen molar-refractivity contribution in [3.8, 4) is 5.75 Å². The van der Waals surface area contributed by atoms with Crippen LogP contribution in [0.5, 0.6) is 5.75 Å². The van der Waals surface area contributed by atoms with E-state index in [0.29, 0.717) is 6.04 Å². The van der Waals surface area contributed by atoms with E-state index in [0.717, 1.165) is 24.8 Å². The number of para-hydroxylation sites is 2.